The molecule has 0 bridgehead atoms. The summed E-state index contributed by atoms with van der Waals surface area (Å²) in [4.78, 5) is 11.0. The van der Waals surface area contributed by atoms with Crippen LogP contribution in [0.2, 0.25) is 0 Å². The third kappa shape index (κ3) is 5.13. The van der Waals surface area contributed by atoms with Crippen LogP contribution in [0.4, 0.5) is 0 Å². The van der Waals surface area contributed by atoms with Crippen LogP contribution in [0.15, 0.2) is 0 Å². The van der Waals surface area contributed by atoms with E-state index in [-0.39, 0.29) is 11.8 Å². The van der Waals surface area contributed by atoms with Crippen molar-refractivity contribution >= 4 is 5.91 Å². The van der Waals surface area contributed by atoms with Crippen LogP contribution in [0.25, 0.3) is 0 Å². The summed E-state index contributed by atoms with van der Waals surface area (Å²) in [5.41, 5.74) is 0. The summed E-state index contributed by atoms with van der Waals surface area (Å²) < 4.78 is 5.30. The predicted octanol–water partition coefficient (Wildman–Crippen LogP) is 1.19. The Bertz CT molecular complexity index is 126. The van der Waals surface area contributed by atoms with E-state index in [1.165, 1.54) is 0 Å². The second kappa shape index (κ2) is 7.10. The fourth-order valence-corrected chi connectivity index (χ4v) is 0.829. The molecule has 1 atom stereocenters. The first-order chi connectivity index (χ1) is 5.72. The third-order valence-electron chi connectivity index (χ3n) is 1.70. The molecule has 0 aliphatic heterocycles. The molecule has 0 saturated heterocycles. The highest BCUT2D eigenvalue weighted by Gasteiger charge is 2.09. The number of hydrogen-bond donors (Lipinski definition) is 1. The summed E-state index contributed by atoms with van der Waals surface area (Å²) in [7, 11) is 1.64. The maximum atomic E-state index is 11.0. The van der Waals surface area contributed by atoms with Gasteiger partial charge in [-0.2, -0.15) is 0 Å². The van der Waals surface area contributed by atoms with Crippen LogP contribution in [-0.4, -0.2) is 26.2 Å². The molecular formula is C9H19NO2. The van der Waals surface area contributed by atoms with Gasteiger partial charge in [-0.05, 0) is 6.42 Å². The number of amides is 1. The van der Waals surface area contributed by atoms with E-state index in [0.717, 1.165) is 19.4 Å². The molecule has 0 saturated carbocycles. The van der Waals surface area contributed by atoms with Gasteiger partial charge in [-0.15, -0.1) is 0 Å². The summed E-state index contributed by atoms with van der Waals surface area (Å²) in [6, 6.07) is 0. The molecule has 0 rings (SSSR count). The van der Waals surface area contributed by atoms with Crippen LogP contribution in [0, 0.1) is 5.92 Å². The number of carbonyl (C=O) groups is 1. The van der Waals surface area contributed by atoms with E-state index in [4.69, 9.17) is 4.74 Å². The SMILES string of the molecule is CCCCOCC(C)C(=O)NC. The zero-order valence-electron chi connectivity index (χ0n) is 8.22. The highest BCUT2D eigenvalue weighted by Crippen LogP contribution is 1.96. The standard InChI is InChI=1S/C9H19NO2/c1-4-5-6-12-7-8(2)9(11)10-3/h8H,4-7H2,1-3H3,(H,10,11). The van der Waals surface area contributed by atoms with Gasteiger partial charge < -0.3 is 10.1 Å². The lowest BCUT2D eigenvalue weighted by Gasteiger charge is -2.09. The molecule has 1 amide bonds. The zero-order valence-corrected chi connectivity index (χ0v) is 8.22. The molecule has 1 unspecified atom stereocenters. The topological polar surface area (TPSA) is 38.3 Å². The van der Waals surface area contributed by atoms with E-state index >= 15 is 0 Å². The molecule has 1 N–H and O–H groups in total. The Hall–Kier alpha value is -0.570. The van der Waals surface area contributed by atoms with E-state index in [1.807, 2.05) is 6.92 Å². The number of nitrogens with one attached hydrogen (secondary N) is 1. The van der Waals surface area contributed by atoms with Crippen molar-refractivity contribution in [1.29, 1.82) is 0 Å². The maximum absolute atomic E-state index is 11.0. The van der Waals surface area contributed by atoms with Gasteiger partial charge in [-0.25, -0.2) is 0 Å². The summed E-state index contributed by atoms with van der Waals surface area (Å²) in [5, 5.41) is 2.59. The van der Waals surface area contributed by atoms with Crippen LogP contribution in [0.1, 0.15) is 26.7 Å². The van der Waals surface area contributed by atoms with Crippen LogP contribution >= 0.6 is 0 Å². The fourth-order valence-electron chi connectivity index (χ4n) is 0.829. The molecule has 0 spiro atoms. The van der Waals surface area contributed by atoms with Crippen LogP contribution in [0.3, 0.4) is 0 Å². The number of rotatable bonds is 6. The summed E-state index contributed by atoms with van der Waals surface area (Å²) in [5.74, 6) is 0.0124. The van der Waals surface area contributed by atoms with Gasteiger partial charge in [0.05, 0.1) is 12.5 Å². The van der Waals surface area contributed by atoms with Crippen molar-refractivity contribution in [3.8, 4) is 0 Å². The molecule has 0 aromatic rings. The number of carbonyl (C=O) groups excluding carboxylic acids is 1. The monoisotopic (exact) mass is 173 g/mol. The normalized spacial score (nSPS) is 12.6. The van der Waals surface area contributed by atoms with Gasteiger partial charge in [-0.3, -0.25) is 4.79 Å². The largest absolute Gasteiger partial charge is 0.381 e. The average molecular weight is 173 g/mol. The molecule has 0 aliphatic rings. The van der Waals surface area contributed by atoms with Gasteiger partial charge >= 0.3 is 0 Å². The van der Waals surface area contributed by atoms with Crippen molar-refractivity contribution < 1.29 is 9.53 Å². The first-order valence-electron chi connectivity index (χ1n) is 4.51. The highest BCUT2D eigenvalue weighted by molar-refractivity contribution is 5.77. The van der Waals surface area contributed by atoms with Crippen LogP contribution in [0.5, 0.6) is 0 Å². The quantitative estimate of drug-likeness (QED) is 0.613. The van der Waals surface area contributed by atoms with E-state index in [2.05, 4.69) is 12.2 Å². The lowest BCUT2D eigenvalue weighted by Crippen LogP contribution is -2.28. The van der Waals surface area contributed by atoms with E-state index in [1.54, 1.807) is 7.05 Å². The average Bonchev–Trinajstić information content (AvgIpc) is 2.10. The molecule has 3 nitrogen and oxygen atoms in total. The van der Waals surface area contributed by atoms with Crippen molar-refractivity contribution in [3.05, 3.63) is 0 Å². The lowest BCUT2D eigenvalue weighted by molar-refractivity contribution is -0.125. The Morgan fingerprint density at radius 2 is 2.25 bits per heavy atom. The van der Waals surface area contributed by atoms with Gasteiger partial charge in [0.1, 0.15) is 0 Å². The Kier molecular flexibility index (Phi) is 6.76. The first-order valence-corrected chi connectivity index (χ1v) is 4.51. The van der Waals surface area contributed by atoms with Crippen molar-refractivity contribution in [3.63, 3.8) is 0 Å². The number of unbranched alkanes of at least 4 members (excludes halogenated alkanes) is 1. The van der Waals surface area contributed by atoms with Crippen molar-refractivity contribution in [2.24, 2.45) is 5.92 Å². The minimum Gasteiger partial charge on any atom is -0.381 e. The molecule has 0 fully saturated rings. The van der Waals surface area contributed by atoms with Gasteiger partial charge in [0.25, 0.3) is 0 Å². The third-order valence-corrected chi connectivity index (χ3v) is 1.70. The fraction of sp³-hybridized carbons (Fsp3) is 0.889. The van der Waals surface area contributed by atoms with Gasteiger partial charge in [0.15, 0.2) is 0 Å². The zero-order chi connectivity index (χ0) is 9.40. The first kappa shape index (κ1) is 11.4. The van der Waals surface area contributed by atoms with Crippen molar-refractivity contribution in [2.75, 3.05) is 20.3 Å². The van der Waals surface area contributed by atoms with E-state index in [9.17, 15) is 4.79 Å². The van der Waals surface area contributed by atoms with E-state index in [0.29, 0.717) is 6.61 Å². The van der Waals surface area contributed by atoms with Crippen molar-refractivity contribution in [1.82, 2.24) is 5.32 Å². The molecular weight excluding hydrogens is 154 g/mol. The lowest BCUT2D eigenvalue weighted by atomic mass is 10.2. The minimum atomic E-state index is -0.0353. The highest BCUT2D eigenvalue weighted by atomic mass is 16.5. The maximum Gasteiger partial charge on any atom is 0.224 e. The summed E-state index contributed by atoms with van der Waals surface area (Å²) in [6.07, 6.45) is 2.20. The Labute approximate surface area is 74.5 Å². The second-order valence-electron chi connectivity index (χ2n) is 2.94. The molecule has 72 valence electrons. The Morgan fingerprint density at radius 3 is 2.75 bits per heavy atom. The molecule has 0 aromatic heterocycles. The van der Waals surface area contributed by atoms with Crippen LogP contribution in [-0.2, 0) is 9.53 Å². The Balaban J connectivity index is 3.31. The summed E-state index contributed by atoms with van der Waals surface area (Å²) in [6.45, 7) is 5.27. The number of hydrogen-bond acceptors (Lipinski definition) is 2. The Morgan fingerprint density at radius 1 is 1.58 bits per heavy atom. The summed E-state index contributed by atoms with van der Waals surface area (Å²) >= 11 is 0. The van der Waals surface area contributed by atoms with Gasteiger partial charge in [-0.1, -0.05) is 20.3 Å². The van der Waals surface area contributed by atoms with Gasteiger partial charge in [0, 0.05) is 13.7 Å². The molecule has 12 heavy (non-hydrogen) atoms. The van der Waals surface area contributed by atoms with Gasteiger partial charge in [0.2, 0.25) is 5.91 Å². The van der Waals surface area contributed by atoms with Crippen LogP contribution < -0.4 is 5.32 Å². The minimum absolute atomic E-state index is 0.0353. The smallest absolute Gasteiger partial charge is 0.224 e. The molecule has 0 aromatic carbocycles. The molecule has 0 radical (unpaired) electrons. The molecule has 3 heteroatoms. The number of ether oxygens (including phenoxy) is 1. The van der Waals surface area contributed by atoms with Crippen molar-refractivity contribution in [2.45, 2.75) is 26.7 Å². The van der Waals surface area contributed by atoms with E-state index < -0.39 is 0 Å². The molecule has 0 heterocycles. The molecule has 0 aliphatic carbocycles. The second-order valence-corrected chi connectivity index (χ2v) is 2.94. The predicted molar refractivity (Wildman–Crippen MR) is 49.0 cm³/mol.